The fourth-order valence-corrected chi connectivity index (χ4v) is 5.24. The second kappa shape index (κ2) is 5.64. The molecule has 0 amide bonds. The van der Waals surface area contributed by atoms with E-state index in [9.17, 15) is 4.21 Å². The van der Waals surface area contributed by atoms with Crippen molar-refractivity contribution in [2.75, 3.05) is 6.26 Å². The second-order valence-corrected chi connectivity index (χ2v) is 10.2. The highest BCUT2D eigenvalue weighted by atomic mass is 32.2. The van der Waals surface area contributed by atoms with Gasteiger partial charge in [0.15, 0.2) is 0 Å². The average molecular weight is 312 g/mol. The molecule has 1 rings (SSSR count). The Balaban J connectivity index is 3.02. The summed E-state index contributed by atoms with van der Waals surface area (Å²) in [6, 6.07) is 0. The molecular formula is C12H25NO2S3. The molecule has 0 aromatic carbocycles. The molecule has 1 aliphatic rings. The molecule has 1 heterocycles. The minimum absolute atomic E-state index is 0.0637. The molecule has 0 radical (unpaired) electrons. The first-order valence-electron chi connectivity index (χ1n) is 6.25. The van der Waals surface area contributed by atoms with E-state index in [1.165, 1.54) is 24.1 Å². The fraction of sp³-hybridized carbons (Fsp3) is 1.00. The summed E-state index contributed by atoms with van der Waals surface area (Å²) in [7, 11) is -0.943. The number of hydrogen-bond acceptors (Lipinski definition) is 5. The third-order valence-electron chi connectivity index (χ3n) is 4.23. The summed E-state index contributed by atoms with van der Waals surface area (Å²) in [6.45, 7) is 12.8. The van der Waals surface area contributed by atoms with Crippen LogP contribution in [0.5, 0.6) is 0 Å². The lowest BCUT2D eigenvalue weighted by molar-refractivity contribution is 0.276. The summed E-state index contributed by atoms with van der Waals surface area (Å²) in [5.74, 6) is 0.335. The molecule has 0 saturated carbocycles. The summed E-state index contributed by atoms with van der Waals surface area (Å²) in [5, 5.41) is 3.63. The third kappa shape index (κ3) is 2.92. The largest absolute Gasteiger partial charge is 0.283 e. The lowest BCUT2D eigenvalue weighted by Gasteiger charge is -2.44. The molecule has 18 heavy (non-hydrogen) atoms. The minimum Gasteiger partial charge on any atom is -0.283 e. The van der Waals surface area contributed by atoms with Gasteiger partial charge in [0.05, 0.1) is 9.62 Å². The summed E-state index contributed by atoms with van der Waals surface area (Å²) in [6.07, 6.45) is 2.78. The van der Waals surface area contributed by atoms with Crippen LogP contribution in [-0.4, -0.2) is 25.0 Å². The molecule has 108 valence electrons. The van der Waals surface area contributed by atoms with Gasteiger partial charge in [-0.2, -0.15) is 0 Å². The van der Waals surface area contributed by atoms with Crippen LogP contribution in [0.3, 0.4) is 0 Å². The molecule has 1 aliphatic heterocycles. The first-order valence-corrected chi connectivity index (χ1v) is 9.29. The predicted molar refractivity (Wildman–Crippen MR) is 83.8 cm³/mol. The molecule has 0 aromatic rings. The smallest absolute Gasteiger partial charge is 0.107 e. The highest BCUT2D eigenvalue weighted by Gasteiger charge is 2.54. The lowest BCUT2D eigenvalue weighted by Crippen LogP contribution is -2.63. The molecular weight excluding hydrogens is 286 g/mol. The first-order chi connectivity index (χ1) is 8.09. The van der Waals surface area contributed by atoms with Gasteiger partial charge >= 0.3 is 0 Å². The van der Waals surface area contributed by atoms with Crippen molar-refractivity contribution in [3.8, 4) is 0 Å². The SMILES string of the molecule is CCC(C)C(C)(NC1(C)SOSC1(C)C)S(C)=O. The summed E-state index contributed by atoms with van der Waals surface area (Å²) >= 11 is 2.92. The van der Waals surface area contributed by atoms with Gasteiger partial charge < -0.3 is 0 Å². The van der Waals surface area contributed by atoms with Crippen LogP contribution in [0.25, 0.3) is 0 Å². The van der Waals surface area contributed by atoms with Crippen LogP contribution < -0.4 is 5.32 Å². The van der Waals surface area contributed by atoms with E-state index in [1.807, 2.05) is 0 Å². The maximum absolute atomic E-state index is 12.2. The van der Waals surface area contributed by atoms with Gasteiger partial charge in [-0.05, 0) is 33.6 Å². The Bertz CT molecular complexity index is 337. The van der Waals surface area contributed by atoms with Gasteiger partial charge in [-0.25, -0.2) is 3.63 Å². The normalized spacial score (nSPS) is 33.9. The maximum atomic E-state index is 12.2. The lowest BCUT2D eigenvalue weighted by atomic mass is 9.96. The molecule has 1 N–H and O–H groups in total. The molecule has 3 nitrogen and oxygen atoms in total. The van der Waals surface area contributed by atoms with Gasteiger partial charge in [-0.1, -0.05) is 20.3 Å². The highest BCUT2D eigenvalue weighted by molar-refractivity contribution is 8.13. The summed E-state index contributed by atoms with van der Waals surface area (Å²) in [5.41, 5.74) is 0. The summed E-state index contributed by atoms with van der Waals surface area (Å²) in [4.78, 5) is -0.649. The first kappa shape index (κ1) is 16.8. The maximum Gasteiger partial charge on any atom is 0.107 e. The van der Waals surface area contributed by atoms with Gasteiger partial charge in [-0.3, -0.25) is 9.53 Å². The Labute approximate surface area is 122 Å². The van der Waals surface area contributed by atoms with Gasteiger partial charge in [0.2, 0.25) is 0 Å². The third-order valence-corrected chi connectivity index (χ3v) is 8.37. The van der Waals surface area contributed by atoms with Gasteiger partial charge in [0.1, 0.15) is 4.87 Å². The monoisotopic (exact) mass is 311 g/mol. The molecule has 1 fully saturated rings. The van der Waals surface area contributed by atoms with Crippen molar-refractivity contribution in [2.24, 2.45) is 5.92 Å². The van der Waals surface area contributed by atoms with Crippen LogP contribution in [0.4, 0.5) is 0 Å². The predicted octanol–water partition coefficient (Wildman–Crippen LogP) is 3.54. The van der Waals surface area contributed by atoms with Crippen molar-refractivity contribution in [1.82, 2.24) is 5.32 Å². The van der Waals surface area contributed by atoms with E-state index in [0.29, 0.717) is 5.92 Å². The number of hydrogen-bond donors (Lipinski definition) is 1. The molecule has 4 atom stereocenters. The molecule has 0 aromatic heterocycles. The summed E-state index contributed by atoms with van der Waals surface area (Å²) < 4.78 is 17.6. The Hall–Kier alpha value is 0.770. The second-order valence-electron chi connectivity index (χ2n) is 5.77. The van der Waals surface area contributed by atoms with E-state index in [-0.39, 0.29) is 9.62 Å². The van der Waals surface area contributed by atoms with E-state index in [1.54, 1.807) is 6.26 Å². The molecule has 0 aliphatic carbocycles. The van der Waals surface area contributed by atoms with Crippen LogP contribution in [0.1, 0.15) is 48.0 Å². The zero-order valence-electron chi connectivity index (χ0n) is 12.3. The van der Waals surface area contributed by atoms with E-state index >= 15 is 0 Å². The topological polar surface area (TPSA) is 38.3 Å². The fourth-order valence-electron chi connectivity index (χ4n) is 1.86. The van der Waals surface area contributed by atoms with Crippen LogP contribution in [-0.2, 0) is 14.4 Å². The zero-order valence-corrected chi connectivity index (χ0v) is 14.8. The van der Waals surface area contributed by atoms with Gasteiger partial charge in [-0.15, -0.1) is 0 Å². The quantitative estimate of drug-likeness (QED) is 0.786. The Kier molecular flexibility index (Phi) is 5.27. The molecule has 0 bridgehead atoms. The Morgan fingerprint density at radius 3 is 2.28 bits per heavy atom. The standard InChI is InChI=1S/C12H25NO2S3/c1-8-9(2)11(5,18(7)14)13-12(6)10(3,4)16-15-17-12/h9,13H,8H2,1-7H3. The van der Waals surface area contributed by atoms with E-state index in [4.69, 9.17) is 3.63 Å². The zero-order chi connectivity index (χ0) is 14.2. The minimum atomic E-state index is -0.943. The van der Waals surface area contributed by atoms with Crippen molar-refractivity contribution in [3.63, 3.8) is 0 Å². The molecule has 0 spiro atoms. The van der Waals surface area contributed by atoms with Gasteiger partial charge in [0, 0.05) is 41.1 Å². The van der Waals surface area contributed by atoms with E-state index in [2.05, 4.69) is 46.9 Å². The Morgan fingerprint density at radius 2 is 1.94 bits per heavy atom. The van der Waals surface area contributed by atoms with Crippen molar-refractivity contribution >= 4 is 34.9 Å². The average Bonchev–Trinajstić information content (AvgIpc) is 2.51. The van der Waals surface area contributed by atoms with Gasteiger partial charge in [0.25, 0.3) is 0 Å². The van der Waals surface area contributed by atoms with Crippen molar-refractivity contribution < 1.29 is 7.84 Å². The highest BCUT2D eigenvalue weighted by Crippen LogP contribution is 2.54. The molecule has 6 heteroatoms. The van der Waals surface area contributed by atoms with Crippen LogP contribution in [0, 0.1) is 5.92 Å². The van der Waals surface area contributed by atoms with E-state index in [0.717, 1.165) is 6.42 Å². The van der Waals surface area contributed by atoms with Crippen LogP contribution in [0.15, 0.2) is 0 Å². The number of rotatable bonds is 5. The number of nitrogens with one attached hydrogen (secondary N) is 1. The molecule has 1 saturated heterocycles. The molecule has 4 unspecified atom stereocenters. The van der Waals surface area contributed by atoms with Crippen molar-refractivity contribution in [2.45, 2.75) is 62.5 Å². The van der Waals surface area contributed by atoms with Crippen molar-refractivity contribution in [3.05, 3.63) is 0 Å². The van der Waals surface area contributed by atoms with Crippen molar-refractivity contribution in [1.29, 1.82) is 0 Å². The van der Waals surface area contributed by atoms with Crippen LogP contribution >= 0.6 is 24.1 Å². The van der Waals surface area contributed by atoms with E-state index < -0.39 is 15.7 Å². The Morgan fingerprint density at radius 1 is 1.39 bits per heavy atom. The van der Waals surface area contributed by atoms with Crippen LogP contribution in [0.2, 0.25) is 0 Å².